The van der Waals surface area contributed by atoms with Crippen molar-refractivity contribution in [2.75, 3.05) is 23.3 Å². The number of anilines is 2. The number of nitrogens with one attached hydrogen (secondary N) is 1. The second kappa shape index (κ2) is 7.62. The highest BCUT2D eigenvalue weighted by Crippen LogP contribution is 2.24. The molecule has 2 heterocycles. The molecule has 1 aliphatic rings. The van der Waals surface area contributed by atoms with Gasteiger partial charge < -0.3 is 10.2 Å². The summed E-state index contributed by atoms with van der Waals surface area (Å²) < 4.78 is 0. The number of aromatic nitrogens is 2. The van der Waals surface area contributed by atoms with Crippen LogP contribution in [0, 0.1) is 5.92 Å². The van der Waals surface area contributed by atoms with E-state index in [9.17, 15) is 4.79 Å². The molecule has 0 aliphatic carbocycles. The fourth-order valence-electron chi connectivity index (χ4n) is 3.06. The number of hydrogen-bond donors (Lipinski definition) is 1. The van der Waals surface area contributed by atoms with Gasteiger partial charge in [0.15, 0.2) is 11.0 Å². The molecule has 24 heavy (non-hydrogen) atoms. The van der Waals surface area contributed by atoms with E-state index in [1.165, 1.54) is 0 Å². The normalized spacial score (nSPS) is 17.6. The van der Waals surface area contributed by atoms with Gasteiger partial charge in [0.05, 0.1) is 5.92 Å². The minimum absolute atomic E-state index is 0.0545. The molecule has 1 atom stereocenters. The Morgan fingerprint density at radius 1 is 1.29 bits per heavy atom. The van der Waals surface area contributed by atoms with E-state index in [2.05, 4.69) is 27.3 Å². The van der Waals surface area contributed by atoms with Crippen molar-refractivity contribution in [3.63, 3.8) is 0 Å². The van der Waals surface area contributed by atoms with E-state index >= 15 is 0 Å². The molecule has 1 saturated heterocycles. The van der Waals surface area contributed by atoms with Crippen molar-refractivity contribution >= 4 is 29.0 Å². The Morgan fingerprint density at radius 3 is 2.88 bits per heavy atom. The second-order valence-electron chi connectivity index (χ2n) is 6.00. The lowest BCUT2D eigenvalue weighted by molar-refractivity contribution is -0.120. The molecule has 3 rings (SSSR count). The Hall–Kier alpha value is -2.14. The molecular weight excluding hydrogens is 324 g/mol. The molecule has 2 aromatic rings. The van der Waals surface area contributed by atoms with Crippen LogP contribution in [-0.2, 0) is 11.2 Å². The lowest BCUT2D eigenvalue weighted by atomic mass is 9.96. The fraction of sp³-hybridized carbons (Fsp3) is 0.389. The highest BCUT2D eigenvalue weighted by atomic mass is 35.5. The Labute approximate surface area is 147 Å². The molecule has 0 radical (unpaired) electrons. The molecule has 0 unspecified atom stereocenters. The van der Waals surface area contributed by atoms with Crippen LogP contribution in [0.1, 0.15) is 25.3 Å². The number of aryl methyl sites for hydroxylation is 1. The largest absolute Gasteiger partial charge is 0.354 e. The van der Waals surface area contributed by atoms with Crippen LogP contribution in [0.3, 0.4) is 0 Å². The molecule has 1 N–H and O–H groups in total. The van der Waals surface area contributed by atoms with E-state index in [1.807, 2.05) is 30.3 Å². The van der Waals surface area contributed by atoms with Crippen molar-refractivity contribution < 1.29 is 4.79 Å². The van der Waals surface area contributed by atoms with Crippen LogP contribution in [-0.4, -0.2) is 29.2 Å². The summed E-state index contributed by atoms with van der Waals surface area (Å²) in [5, 5.41) is 11.5. The van der Waals surface area contributed by atoms with E-state index in [0.29, 0.717) is 11.7 Å². The number of hydrogen-bond acceptors (Lipinski definition) is 4. The van der Waals surface area contributed by atoms with Gasteiger partial charge >= 0.3 is 0 Å². The first-order chi connectivity index (χ1) is 11.7. The number of amides is 1. The molecule has 5 nitrogen and oxygen atoms in total. The molecule has 1 amide bonds. The van der Waals surface area contributed by atoms with Crippen LogP contribution < -0.4 is 10.2 Å². The maximum Gasteiger partial charge on any atom is 0.229 e. The van der Waals surface area contributed by atoms with Gasteiger partial charge in [0.25, 0.3) is 0 Å². The standard InChI is InChI=1S/C18H21ClN4O/c1-2-13-6-3-4-8-15(13)20-18(24)14-7-5-11-23(12-14)17-10-9-16(19)21-22-17/h3-4,6,8-10,14H,2,5,7,11-12H2,1H3,(H,20,24)/t14-/m1/s1. The summed E-state index contributed by atoms with van der Waals surface area (Å²) in [4.78, 5) is 14.8. The van der Waals surface area contributed by atoms with Crippen molar-refractivity contribution in [1.82, 2.24) is 10.2 Å². The van der Waals surface area contributed by atoms with Gasteiger partial charge in [-0.05, 0) is 43.0 Å². The van der Waals surface area contributed by atoms with E-state index in [-0.39, 0.29) is 11.8 Å². The van der Waals surface area contributed by atoms with Crippen molar-refractivity contribution in [2.45, 2.75) is 26.2 Å². The maximum absolute atomic E-state index is 12.7. The van der Waals surface area contributed by atoms with Gasteiger partial charge in [-0.3, -0.25) is 4.79 Å². The summed E-state index contributed by atoms with van der Waals surface area (Å²) >= 11 is 5.79. The van der Waals surface area contributed by atoms with Gasteiger partial charge in [-0.25, -0.2) is 0 Å². The lowest BCUT2D eigenvalue weighted by Crippen LogP contribution is -2.41. The van der Waals surface area contributed by atoms with E-state index in [4.69, 9.17) is 11.6 Å². The van der Waals surface area contributed by atoms with Crippen LogP contribution in [0.4, 0.5) is 11.5 Å². The van der Waals surface area contributed by atoms with E-state index in [1.54, 1.807) is 6.07 Å². The fourth-order valence-corrected chi connectivity index (χ4v) is 3.16. The Balaban J connectivity index is 1.68. The maximum atomic E-state index is 12.7. The third kappa shape index (κ3) is 3.85. The summed E-state index contributed by atoms with van der Waals surface area (Å²) in [6.45, 7) is 3.62. The molecule has 1 aromatic heterocycles. The number of carbonyl (C=O) groups is 1. The lowest BCUT2D eigenvalue weighted by Gasteiger charge is -2.32. The number of piperidine rings is 1. The van der Waals surface area contributed by atoms with E-state index < -0.39 is 0 Å². The topological polar surface area (TPSA) is 58.1 Å². The van der Waals surface area contributed by atoms with Crippen molar-refractivity contribution in [3.8, 4) is 0 Å². The second-order valence-corrected chi connectivity index (χ2v) is 6.39. The number of benzene rings is 1. The number of halogens is 1. The molecule has 0 bridgehead atoms. The van der Waals surface area contributed by atoms with Crippen LogP contribution >= 0.6 is 11.6 Å². The zero-order valence-corrected chi connectivity index (χ0v) is 14.5. The summed E-state index contributed by atoms with van der Waals surface area (Å²) in [6, 6.07) is 11.5. The van der Waals surface area contributed by atoms with Gasteiger partial charge in [0.1, 0.15) is 0 Å². The number of para-hydroxylation sites is 1. The Bertz CT molecular complexity index is 704. The van der Waals surface area contributed by atoms with Crippen molar-refractivity contribution in [3.05, 3.63) is 47.1 Å². The quantitative estimate of drug-likeness (QED) is 0.921. The first-order valence-electron chi connectivity index (χ1n) is 8.30. The highest BCUT2D eigenvalue weighted by molar-refractivity contribution is 6.29. The average Bonchev–Trinajstić information content (AvgIpc) is 2.63. The molecule has 0 saturated carbocycles. The van der Waals surface area contributed by atoms with Crippen LogP contribution in [0.5, 0.6) is 0 Å². The zero-order chi connectivity index (χ0) is 16.9. The third-order valence-electron chi connectivity index (χ3n) is 4.39. The highest BCUT2D eigenvalue weighted by Gasteiger charge is 2.27. The van der Waals surface area contributed by atoms with Crippen LogP contribution in [0.2, 0.25) is 5.15 Å². The predicted octanol–water partition coefficient (Wildman–Crippen LogP) is 3.55. The van der Waals surface area contributed by atoms with Gasteiger partial charge in [-0.2, -0.15) is 0 Å². The summed E-state index contributed by atoms with van der Waals surface area (Å²) in [7, 11) is 0. The van der Waals surface area contributed by atoms with Gasteiger partial charge in [-0.15, -0.1) is 10.2 Å². The summed E-state index contributed by atoms with van der Waals surface area (Å²) in [5.41, 5.74) is 2.07. The Kier molecular flexibility index (Phi) is 5.30. The molecule has 1 aliphatic heterocycles. The SMILES string of the molecule is CCc1ccccc1NC(=O)[C@@H]1CCCN(c2ccc(Cl)nn2)C1. The van der Waals surface area contributed by atoms with Gasteiger partial charge in [-0.1, -0.05) is 36.7 Å². The van der Waals surface area contributed by atoms with Crippen molar-refractivity contribution in [1.29, 1.82) is 0 Å². The van der Waals surface area contributed by atoms with Crippen LogP contribution in [0.25, 0.3) is 0 Å². The molecule has 0 spiro atoms. The van der Waals surface area contributed by atoms with Gasteiger partial charge in [0.2, 0.25) is 5.91 Å². The number of carbonyl (C=O) groups excluding carboxylic acids is 1. The molecule has 126 valence electrons. The number of nitrogens with zero attached hydrogens (tertiary/aromatic N) is 3. The zero-order valence-electron chi connectivity index (χ0n) is 13.7. The van der Waals surface area contributed by atoms with Crippen molar-refractivity contribution in [2.24, 2.45) is 5.92 Å². The summed E-state index contributed by atoms with van der Waals surface area (Å²) in [5.74, 6) is 0.787. The first-order valence-corrected chi connectivity index (χ1v) is 8.68. The molecular formula is C18H21ClN4O. The first kappa shape index (κ1) is 16.7. The molecule has 6 heteroatoms. The minimum Gasteiger partial charge on any atom is -0.354 e. The molecule has 1 aromatic carbocycles. The Morgan fingerprint density at radius 2 is 2.12 bits per heavy atom. The average molecular weight is 345 g/mol. The minimum atomic E-state index is -0.0545. The van der Waals surface area contributed by atoms with Gasteiger partial charge in [0, 0.05) is 18.8 Å². The third-order valence-corrected chi connectivity index (χ3v) is 4.59. The number of rotatable bonds is 4. The van der Waals surface area contributed by atoms with E-state index in [0.717, 1.165) is 42.9 Å². The molecule has 1 fully saturated rings. The smallest absolute Gasteiger partial charge is 0.229 e. The monoisotopic (exact) mass is 344 g/mol. The van der Waals surface area contributed by atoms with Crippen LogP contribution in [0.15, 0.2) is 36.4 Å². The predicted molar refractivity (Wildman–Crippen MR) is 96.4 cm³/mol. The summed E-state index contributed by atoms with van der Waals surface area (Å²) in [6.07, 6.45) is 2.74.